The monoisotopic (exact) mass is 489 g/mol. The quantitative estimate of drug-likeness (QED) is 0.391. The molecule has 5 nitrogen and oxygen atoms in total. The number of methoxy groups -OCH3 is 3. The van der Waals surface area contributed by atoms with Crippen LogP contribution in [0.2, 0.25) is 0 Å². The van der Waals surface area contributed by atoms with Crippen LogP contribution in [-0.4, -0.2) is 51.8 Å². The summed E-state index contributed by atoms with van der Waals surface area (Å²) in [6.45, 7) is 7.38. The Morgan fingerprint density at radius 2 is 1.65 bits per heavy atom. The zero-order chi connectivity index (χ0) is 23.8. The number of nitrogens with zero attached hydrogens (tertiary/aromatic N) is 1. The fourth-order valence-corrected chi connectivity index (χ4v) is 5.31. The lowest BCUT2D eigenvalue weighted by molar-refractivity contribution is -0.150. The highest BCUT2D eigenvalue weighted by Gasteiger charge is 2.44. The topological polar surface area (TPSA) is 48.0 Å². The summed E-state index contributed by atoms with van der Waals surface area (Å²) in [6, 6.07) is 16.6. The first kappa shape index (κ1) is 28.0. The molecule has 1 aliphatic rings. The van der Waals surface area contributed by atoms with E-state index in [9.17, 15) is 4.79 Å². The van der Waals surface area contributed by atoms with E-state index in [1.807, 2.05) is 18.2 Å². The van der Waals surface area contributed by atoms with Crippen LogP contribution < -0.4 is 9.47 Å². The van der Waals surface area contributed by atoms with Crippen LogP contribution in [0.1, 0.15) is 56.6 Å². The molecule has 188 valence electrons. The molecule has 1 aliphatic heterocycles. The van der Waals surface area contributed by atoms with Crippen molar-refractivity contribution < 1.29 is 19.0 Å². The van der Waals surface area contributed by atoms with Crippen LogP contribution in [0.15, 0.2) is 48.5 Å². The molecule has 0 aromatic heterocycles. The highest BCUT2D eigenvalue weighted by atomic mass is 35.5. The lowest BCUT2D eigenvalue weighted by Crippen LogP contribution is -2.43. The van der Waals surface area contributed by atoms with Crippen molar-refractivity contribution in [1.29, 1.82) is 0 Å². The third-order valence-corrected chi connectivity index (χ3v) is 7.34. The molecule has 1 unspecified atom stereocenters. The molecule has 0 radical (unpaired) electrons. The lowest BCUT2D eigenvalue weighted by atomic mass is 9.68. The standard InChI is InChI=1S/C28H39NO4.ClH/c1-21(2)28(27(30)33-5,24-12-13-25(31-3)26(20-24)32-4)16-9-17-29-18-14-23(15-19-29)22-10-7-6-8-11-22;/h6-8,10-13,20-21,23H,9,14-19H2,1-5H3;1H. The van der Waals surface area contributed by atoms with Crippen molar-refractivity contribution in [3.63, 3.8) is 0 Å². The Morgan fingerprint density at radius 1 is 1.00 bits per heavy atom. The molecule has 1 atom stereocenters. The first-order valence-electron chi connectivity index (χ1n) is 12.0. The van der Waals surface area contributed by atoms with Gasteiger partial charge in [0.1, 0.15) is 0 Å². The molecule has 0 saturated carbocycles. The van der Waals surface area contributed by atoms with Gasteiger partial charge in [0.25, 0.3) is 0 Å². The van der Waals surface area contributed by atoms with Crippen molar-refractivity contribution in [2.75, 3.05) is 41.0 Å². The van der Waals surface area contributed by atoms with Crippen molar-refractivity contribution in [2.24, 2.45) is 5.92 Å². The van der Waals surface area contributed by atoms with Crippen molar-refractivity contribution in [3.8, 4) is 11.5 Å². The zero-order valence-electron chi connectivity index (χ0n) is 21.2. The van der Waals surface area contributed by atoms with Crippen LogP contribution in [0, 0.1) is 5.92 Å². The molecule has 0 aliphatic carbocycles. The van der Waals surface area contributed by atoms with Crippen molar-refractivity contribution >= 4 is 18.4 Å². The molecule has 0 amide bonds. The maximum atomic E-state index is 13.2. The van der Waals surface area contributed by atoms with Gasteiger partial charge in [-0.1, -0.05) is 50.2 Å². The third kappa shape index (κ3) is 6.05. The number of likely N-dealkylation sites (tertiary alicyclic amines) is 1. The molecule has 0 N–H and O–H groups in total. The summed E-state index contributed by atoms with van der Waals surface area (Å²) >= 11 is 0. The molecule has 1 saturated heterocycles. The summed E-state index contributed by atoms with van der Waals surface area (Å²) in [5, 5.41) is 0. The van der Waals surface area contributed by atoms with E-state index >= 15 is 0 Å². The van der Waals surface area contributed by atoms with E-state index in [-0.39, 0.29) is 24.3 Å². The summed E-state index contributed by atoms with van der Waals surface area (Å²) in [7, 11) is 4.72. The number of rotatable bonds is 10. The Morgan fingerprint density at radius 3 is 2.21 bits per heavy atom. The average Bonchev–Trinajstić information content (AvgIpc) is 2.86. The predicted octanol–water partition coefficient (Wildman–Crippen LogP) is 5.85. The Bertz CT molecular complexity index is 897. The number of benzene rings is 2. The van der Waals surface area contributed by atoms with Crippen LogP contribution >= 0.6 is 12.4 Å². The highest BCUT2D eigenvalue weighted by molar-refractivity contribution is 5.85. The van der Waals surface area contributed by atoms with Gasteiger partial charge >= 0.3 is 5.97 Å². The highest BCUT2D eigenvalue weighted by Crippen LogP contribution is 2.42. The molecule has 2 aromatic rings. The molecular weight excluding hydrogens is 450 g/mol. The Kier molecular flexibility index (Phi) is 10.7. The number of halogens is 1. The number of hydrogen-bond acceptors (Lipinski definition) is 5. The minimum absolute atomic E-state index is 0. The molecule has 0 bridgehead atoms. The van der Waals surface area contributed by atoms with Crippen LogP contribution in [0.4, 0.5) is 0 Å². The summed E-state index contributed by atoms with van der Waals surface area (Å²) in [5.74, 6) is 1.83. The zero-order valence-corrected chi connectivity index (χ0v) is 22.0. The first-order chi connectivity index (χ1) is 16.0. The minimum atomic E-state index is -0.726. The van der Waals surface area contributed by atoms with E-state index in [1.54, 1.807) is 14.2 Å². The predicted molar refractivity (Wildman–Crippen MR) is 139 cm³/mol. The van der Waals surface area contributed by atoms with Crippen LogP contribution in [0.25, 0.3) is 0 Å². The largest absolute Gasteiger partial charge is 0.493 e. The summed E-state index contributed by atoms with van der Waals surface area (Å²) < 4.78 is 16.3. The number of esters is 1. The van der Waals surface area contributed by atoms with Crippen molar-refractivity contribution in [1.82, 2.24) is 4.90 Å². The minimum Gasteiger partial charge on any atom is -0.493 e. The van der Waals surface area contributed by atoms with Crippen LogP contribution in [0.3, 0.4) is 0 Å². The van der Waals surface area contributed by atoms with Gasteiger partial charge < -0.3 is 19.1 Å². The summed E-state index contributed by atoms with van der Waals surface area (Å²) in [5.41, 5.74) is 1.65. The van der Waals surface area contributed by atoms with Crippen LogP contribution in [0.5, 0.6) is 11.5 Å². The van der Waals surface area contributed by atoms with E-state index in [0.717, 1.165) is 38.0 Å². The van der Waals surface area contributed by atoms with Gasteiger partial charge in [0.05, 0.1) is 26.7 Å². The maximum Gasteiger partial charge on any atom is 0.316 e. The van der Waals surface area contributed by atoms with E-state index in [2.05, 4.69) is 49.1 Å². The Labute approximate surface area is 211 Å². The second-order valence-corrected chi connectivity index (χ2v) is 9.32. The van der Waals surface area contributed by atoms with E-state index in [1.165, 1.54) is 25.5 Å². The van der Waals surface area contributed by atoms with Crippen molar-refractivity contribution in [2.45, 2.75) is 50.9 Å². The smallest absolute Gasteiger partial charge is 0.316 e. The van der Waals surface area contributed by atoms with E-state index in [0.29, 0.717) is 17.4 Å². The lowest BCUT2D eigenvalue weighted by Gasteiger charge is -2.37. The van der Waals surface area contributed by atoms with Gasteiger partial charge in [-0.2, -0.15) is 0 Å². The fourth-order valence-electron chi connectivity index (χ4n) is 5.31. The SMILES string of the molecule is COC(=O)C(CCCN1CCC(c2ccccc2)CC1)(c1ccc(OC)c(OC)c1)C(C)C.Cl. The van der Waals surface area contributed by atoms with Crippen LogP contribution in [-0.2, 0) is 14.9 Å². The summed E-state index contributed by atoms with van der Waals surface area (Å²) in [6.07, 6.45) is 4.03. The molecular formula is C28H40ClNO4. The van der Waals surface area contributed by atoms with E-state index < -0.39 is 5.41 Å². The summed E-state index contributed by atoms with van der Waals surface area (Å²) in [4.78, 5) is 15.7. The third-order valence-electron chi connectivity index (χ3n) is 7.34. The maximum absolute atomic E-state index is 13.2. The van der Waals surface area contributed by atoms with Gasteiger partial charge in [-0.25, -0.2) is 0 Å². The van der Waals surface area contributed by atoms with Crippen molar-refractivity contribution in [3.05, 3.63) is 59.7 Å². The first-order valence-corrected chi connectivity index (χ1v) is 12.0. The molecule has 34 heavy (non-hydrogen) atoms. The number of hydrogen-bond donors (Lipinski definition) is 0. The molecule has 3 rings (SSSR count). The van der Waals surface area contributed by atoms with E-state index in [4.69, 9.17) is 14.2 Å². The Hall–Kier alpha value is -2.24. The fraction of sp³-hybridized carbons (Fsp3) is 0.536. The van der Waals surface area contributed by atoms with Gasteiger partial charge in [0.2, 0.25) is 0 Å². The average molecular weight is 490 g/mol. The van der Waals surface area contributed by atoms with Gasteiger partial charge in [-0.3, -0.25) is 4.79 Å². The van der Waals surface area contributed by atoms with Gasteiger partial charge in [0, 0.05) is 0 Å². The second kappa shape index (κ2) is 13.0. The molecule has 2 aromatic carbocycles. The van der Waals surface area contributed by atoms with Gasteiger partial charge in [-0.15, -0.1) is 12.4 Å². The molecule has 6 heteroatoms. The normalized spacial score (nSPS) is 16.4. The number of ether oxygens (including phenoxy) is 3. The number of carbonyl (C=O) groups excluding carboxylic acids is 1. The number of piperidine rings is 1. The molecule has 1 heterocycles. The van der Waals surface area contributed by atoms with Gasteiger partial charge in [0.15, 0.2) is 11.5 Å². The number of carbonyl (C=O) groups is 1. The second-order valence-electron chi connectivity index (χ2n) is 9.32. The molecule has 1 fully saturated rings. The molecule has 0 spiro atoms. The van der Waals surface area contributed by atoms with Gasteiger partial charge in [-0.05, 0) is 80.4 Å². The Balaban J connectivity index is 0.00000408.